The van der Waals surface area contributed by atoms with Gasteiger partial charge in [-0.2, -0.15) is 0 Å². The van der Waals surface area contributed by atoms with Crippen molar-refractivity contribution in [1.29, 1.82) is 0 Å². The summed E-state index contributed by atoms with van der Waals surface area (Å²) in [5.74, 6) is 0.903. The van der Waals surface area contributed by atoms with Crippen LogP contribution in [-0.4, -0.2) is 11.5 Å². The maximum atomic E-state index is 4.28. The van der Waals surface area contributed by atoms with Gasteiger partial charge in [0.25, 0.3) is 0 Å². The third-order valence-electron chi connectivity index (χ3n) is 2.93. The molecule has 0 bridgehead atoms. The van der Waals surface area contributed by atoms with Crippen molar-refractivity contribution in [1.82, 2.24) is 4.98 Å². The van der Waals surface area contributed by atoms with E-state index in [-0.39, 0.29) is 0 Å². The molecular weight excluding hydrogens is 234 g/mol. The lowest BCUT2D eigenvalue weighted by molar-refractivity contribution is 0.923. The van der Waals surface area contributed by atoms with E-state index < -0.39 is 0 Å². The number of hydrogen-bond donors (Lipinski definition) is 2. The molecule has 0 aliphatic rings. The van der Waals surface area contributed by atoms with Crippen LogP contribution in [0.3, 0.4) is 0 Å². The van der Waals surface area contributed by atoms with Gasteiger partial charge in [-0.15, -0.1) is 0 Å². The van der Waals surface area contributed by atoms with Crippen LogP contribution in [0.15, 0.2) is 42.6 Å². The number of rotatable bonds is 6. The Balaban J connectivity index is 2.18. The van der Waals surface area contributed by atoms with Crippen LogP contribution < -0.4 is 10.6 Å². The molecule has 1 aromatic carbocycles. The average molecular weight is 255 g/mol. The molecule has 0 saturated heterocycles. The van der Waals surface area contributed by atoms with Gasteiger partial charge in [-0.3, -0.25) is 0 Å². The van der Waals surface area contributed by atoms with Gasteiger partial charge in [-0.1, -0.05) is 31.5 Å². The summed E-state index contributed by atoms with van der Waals surface area (Å²) in [7, 11) is 0. The Morgan fingerprint density at radius 2 is 1.95 bits per heavy atom. The van der Waals surface area contributed by atoms with E-state index in [0.717, 1.165) is 30.9 Å². The Labute approximate surface area is 115 Å². The lowest BCUT2D eigenvalue weighted by atomic mass is 10.1. The van der Waals surface area contributed by atoms with E-state index >= 15 is 0 Å². The first-order chi connectivity index (χ1) is 9.33. The molecule has 0 aliphatic heterocycles. The van der Waals surface area contributed by atoms with Crippen LogP contribution in [0, 0.1) is 0 Å². The maximum Gasteiger partial charge on any atom is 0.127 e. The van der Waals surface area contributed by atoms with Crippen molar-refractivity contribution in [3.05, 3.63) is 48.2 Å². The molecule has 1 aromatic heterocycles. The number of aryl methyl sites for hydroxylation is 1. The Hall–Kier alpha value is -2.03. The molecule has 1 heterocycles. The number of benzene rings is 1. The molecule has 0 fully saturated rings. The molecule has 0 saturated carbocycles. The third kappa shape index (κ3) is 3.71. The number of nitrogens with one attached hydrogen (secondary N) is 2. The largest absolute Gasteiger partial charge is 0.370 e. The van der Waals surface area contributed by atoms with Crippen LogP contribution in [0.1, 0.15) is 25.8 Å². The molecule has 0 amide bonds. The molecule has 3 nitrogen and oxygen atoms in total. The zero-order valence-corrected chi connectivity index (χ0v) is 11.6. The molecule has 2 N–H and O–H groups in total. The normalized spacial score (nSPS) is 10.2. The summed E-state index contributed by atoms with van der Waals surface area (Å²) in [5, 5.41) is 6.70. The van der Waals surface area contributed by atoms with Crippen molar-refractivity contribution < 1.29 is 0 Å². The monoisotopic (exact) mass is 255 g/mol. The number of anilines is 3. The van der Waals surface area contributed by atoms with Crippen LogP contribution in [0.2, 0.25) is 0 Å². The van der Waals surface area contributed by atoms with Crippen molar-refractivity contribution in [2.45, 2.75) is 26.7 Å². The Morgan fingerprint density at radius 3 is 2.74 bits per heavy atom. The number of hydrogen-bond acceptors (Lipinski definition) is 3. The van der Waals surface area contributed by atoms with Gasteiger partial charge in [0.15, 0.2) is 0 Å². The topological polar surface area (TPSA) is 37.0 Å². The summed E-state index contributed by atoms with van der Waals surface area (Å²) in [5.41, 5.74) is 3.60. The minimum Gasteiger partial charge on any atom is -0.370 e. The first-order valence-electron chi connectivity index (χ1n) is 6.88. The number of aromatic nitrogens is 1. The van der Waals surface area contributed by atoms with Gasteiger partial charge in [0.05, 0.1) is 0 Å². The van der Waals surface area contributed by atoms with E-state index in [1.807, 2.05) is 18.3 Å². The van der Waals surface area contributed by atoms with E-state index in [4.69, 9.17) is 0 Å². The molecular formula is C16H21N3. The standard InChI is InChI=1S/C16H21N3/c1-3-7-13-8-5-6-9-15(13)19-14-10-11-18-16(12-14)17-4-2/h5-6,8-12H,3-4,7H2,1-2H3,(H2,17,18,19). The highest BCUT2D eigenvalue weighted by molar-refractivity contribution is 5.65. The van der Waals surface area contributed by atoms with Gasteiger partial charge in [0.1, 0.15) is 5.82 Å². The minimum absolute atomic E-state index is 0.878. The van der Waals surface area contributed by atoms with E-state index in [9.17, 15) is 0 Å². The molecule has 2 aromatic rings. The SMILES string of the molecule is CCCc1ccccc1Nc1ccnc(NCC)c1. The lowest BCUT2D eigenvalue weighted by Crippen LogP contribution is -2.01. The molecule has 19 heavy (non-hydrogen) atoms. The van der Waals surface area contributed by atoms with Gasteiger partial charge in [0.2, 0.25) is 0 Å². The van der Waals surface area contributed by atoms with Crippen molar-refractivity contribution in [2.24, 2.45) is 0 Å². The van der Waals surface area contributed by atoms with Gasteiger partial charge in [0, 0.05) is 30.2 Å². The van der Waals surface area contributed by atoms with Crippen molar-refractivity contribution in [3.63, 3.8) is 0 Å². The average Bonchev–Trinajstić information content (AvgIpc) is 2.42. The highest BCUT2D eigenvalue weighted by Crippen LogP contribution is 2.23. The zero-order valence-electron chi connectivity index (χ0n) is 11.6. The Bertz CT molecular complexity index is 523. The molecule has 0 spiro atoms. The number of pyridine rings is 1. The van der Waals surface area contributed by atoms with Crippen LogP contribution in [0.5, 0.6) is 0 Å². The van der Waals surface area contributed by atoms with Gasteiger partial charge >= 0.3 is 0 Å². The number of nitrogens with zero attached hydrogens (tertiary/aromatic N) is 1. The smallest absolute Gasteiger partial charge is 0.127 e. The summed E-state index contributed by atoms with van der Waals surface area (Å²) in [6.45, 7) is 5.15. The Kier molecular flexibility index (Phi) is 4.78. The molecule has 100 valence electrons. The first kappa shape index (κ1) is 13.4. The second kappa shape index (κ2) is 6.78. The van der Waals surface area contributed by atoms with Gasteiger partial charge < -0.3 is 10.6 Å². The highest BCUT2D eigenvalue weighted by Gasteiger charge is 2.02. The van der Waals surface area contributed by atoms with Crippen LogP contribution >= 0.6 is 0 Å². The van der Waals surface area contributed by atoms with E-state index in [2.05, 4.69) is 53.7 Å². The second-order valence-corrected chi connectivity index (χ2v) is 4.49. The fourth-order valence-electron chi connectivity index (χ4n) is 2.07. The second-order valence-electron chi connectivity index (χ2n) is 4.49. The lowest BCUT2D eigenvalue weighted by Gasteiger charge is -2.12. The van der Waals surface area contributed by atoms with Crippen LogP contribution in [-0.2, 0) is 6.42 Å². The predicted octanol–water partition coefficient (Wildman–Crippen LogP) is 4.21. The first-order valence-corrected chi connectivity index (χ1v) is 6.88. The number of para-hydroxylation sites is 1. The predicted molar refractivity (Wildman–Crippen MR) is 82.1 cm³/mol. The maximum absolute atomic E-state index is 4.28. The fourth-order valence-corrected chi connectivity index (χ4v) is 2.07. The van der Waals surface area contributed by atoms with E-state index in [0.29, 0.717) is 0 Å². The summed E-state index contributed by atoms with van der Waals surface area (Å²) in [4.78, 5) is 4.28. The van der Waals surface area contributed by atoms with Crippen LogP contribution in [0.4, 0.5) is 17.2 Å². The Morgan fingerprint density at radius 1 is 1.11 bits per heavy atom. The summed E-state index contributed by atoms with van der Waals surface area (Å²) in [6.07, 6.45) is 4.06. The molecule has 0 atom stereocenters. The summed E-state index contributed by atoms with van der Waals surface area (Å²) < 4.78 is 0. The molecule has 0 aliphatic carbocycles. The third-order valence-corrected chi connectivity index (χ3v) is 2.93. The molecule has 0 unspecified atom stereocenters. The van der Waals surface area contributed by atoms with E-state index in [1.165, 1.54) is 11.3 Å². The quantitative estimate of drug-likeness (QED) is 0.812. The highest BCUT2D eigenvalue weighted by atomic mass is 15.0. The minimum atomic E-state index is 0.878. The van der Waals surface area contributed by atoms with Gasteiger partial charge in [-0.25, -0.2) is 4.98 Å². The molecule has 0 radical (unpaired) electrons. The van der Waals surface area contributed by atoms with E-state index in [1.54, 1.807) is 0 Å². The van der Waals surface area contributed by atoms with Crippen molar-refractivity contribution in [2.75, 3.05) is 17.2 Å². The van der Waals surface area contributed by atoms with Crippen molar-refractivity contribution in [3.8, 4) is 0 Å². The summed E-state index contributed by atoms with van der Waals surface area (Å²) in [6, 6.07) is 12.5. The van der Waals surface area contributed by atoms with Gasteiger partial charge in [-0.05, 0) is 31.0 Å². The molecule has 3 heteroatoms. The van der Waals surface area contributed by atoms with Crippen LogP contribution in [0.25, 0.3) is 0 Å². The molecule has 2 rings (SSSR count). The fraction of sp³-hybridized carbons (Fsp3) is 0.312. The van der Waals surface area contributed by atoms with Crippen molar-refractivity contribution >= 4 is 17.2 Å². The summed E-state index contributed by atoms with van der Waals surface area (Å²) >= 11 is 0. The zero-order chi connectivity index (χ0) is 13.5.